The van der Waals surface area contributed by atoms with E-state index < -0.39 is 22.2 Å². The fourth-order valence-corrected chi connectivity index (χ4v) is 3.26. The van der Waals surface area contributed by atoms with Crippen molar-refractivity contribution in [3.05, 3.63) is 48.0 Å². The Balaban J connectivity index is 2.23. The predicted octanol–water partition coefficient (Wildman–Crippen LogP) is 1.89. The van der Waals surface area contributed by atoms with Crippen molar-refractivity contribution in [2.24, 2.45) is 0 Å². The van der Waals surface area contributed by atoms with E-state index in [0.717, 1.165) is 0 Å². The molecule has 1 aromatic carbocycles. The second kappa shape index (κ2) is 6.38. The molecule has 21 heavy (non-hydrogen) atoms. The third-order valence-corrected chi connectivity index (χ3v) is 4.74. The van der Waals surface area contributed by atoms with Crippen LogP contribution in [0.5, 0.6) is 0 Å². The van der Waals surface area contributed by atoms with Crippen LogP contribution in [0, 0.1) is 0 Å². The lowest BCUT2D eigenvalue weighted by Gasteiger charge is -2.14. The van der Waals surface area contributed by atoms with Crippen molar-refractivity contribution < 1.29 is 13.5 Å². The smallest absolute Gasteiger partial charge is 0.241 e. The molecule has 0 saturated heterocycles. The monoisotopic (exact) mass is 309 g/mol. The van der Waals surface area contributed by atoms with Gasteiger partial charge in [-0.15, -0.1) is 0 Å². The van der Waals surface area contributed by atoms with E-state index in [1.807, 2.05) is 6.92 Å². The van der Waals surface area contributed by atoms with Gasteiger partial charge in [0.1, 0.15) is 5.82 Å². The molecule has 114 valence electrons. The molecule has 2 rings (SSSR count). The molecule has 0 amide bonds. The third kappa shape index (κ3) is 3.69. The highest BCUT2D eigenvalue weighted by Crippen LogP contribution is 2.21. The lowest BCUT2D eigenvalue weighted by atomic mass is 10.1. The summed E-state index contributed by atoms with van der Waals surface area (Å²) < 4.78 is 27.3. The van der Waals surface area contributed by atoms with Crippen LogP contribution >= 0.6 is 0 Å². The second-order valence-corrected chi connectivity index (χ2v) is 6.53. The van der Waals surface area contributed by atoms with Crippen LogP contribution in [0.2, 0.25) is 0 Å². The molecule has 0 saturated carbocycles. The zero-order valence-corrected chi connectivity index (χ0v) is 12.8. The zero-order valence-electron chi connectivity index (χ0n) is 11.9. The predicted molar refractivity (Wildman–Crippen MR) is 79.0 cm³/mol. The minimum Gasteiger partial charge on any atom is -0.388 e. The van der Waals surface area contributed by atoms with Crippen molar-refractivity contribution in [3.63, 3.8) is 0 Å². The van der Waals surface area contributed by atoms with E-state index in [4.69, 9.17) is 0 Å². The SMILES string of the molecule is CCC(O)c1cccc(S(=O)(=O)NC(C)c2ncc[nH]2)c1. The molecule has 6 nitrogen and oxygen atoms in total. The van der Waals surface area contributed by atoms with E-state index in [1.165, 1.54) is 12.1 Å². The first kappa shape index (κ1) is 15.7. The number of rotatable bonds is 6. The lowest BCUT2D eigenvalue weighted by Crippen LogP contribution is -2.27. The van der Waals surface area contributed by atoms with Crippen molar-refractivity contribution in [2.75, 3.05) is 0 Å². The van der Waals surface area contributed by atoms with Gasteiger partial charge in [-0.1, -0.05) is 19.1 Å². The number of hydrogen-bond acceptors (Lipinski definition) is 4. The van der Waals surface area contributed by atoms with Gasteiger partial charge >= 0.3 is 0 Å². The number of aliphatic hydroxyl groups is 1. The maximum Gasteiger partial charge on any atom is 0.241 e. The number of sulfonamides is 1. The molecule has 0 radical (unpaired) electrons. The Kier molecular flexibility index (Phi) is 4.76. The van der Waals surface area contributed by atoms with Gasteiger partial charge in [-0.3, -0.25) is 0 Å². The molecule has 1 heterocycles. The Morgan fingerprint density at radius 3 is 2.81 bits per heavy atom. The average Bonchev–Trinajstić information content (AvgIpc) is 3.00. The maximum absolute atomic E-state index is 12.4. The number of aromatic nitrogens is 2. The standard InChI is InChI=1S/C14H19N3O3S/c1-3-13(18)11-5-4-6-12(9-11)21(19,20)17-10(2)14-15-7-8-16-14/h4-10,13,17-18H,3H2,1-2H3,(H,15,16). The topological polar surface area (TPSA) is 95.1 Å². The number of aliphatic hydroxyl groups excluding tert-OH is 1. The van der Waals surface area contributed by atoms with E-state index in [-0.39, 0.29) is 4.90 Å². The van der Waals surface area contributed by atoms with Crippen LogP contribution in [-0.2, 0) is 10.0 Å². The zero-order chi connectivity index (χ0) is 15.5. The van der Waals surface area contributed by atoms with Gasteiger partial charge in [0.25, 0.3) is 0 Å². The third-order valence-electron chi connectivity index (χ3n) is 3.20. The number of nitrogens with zero attached hydrogens (tertiary/aromatic N) is 1. The molecule has 2 aromatic rings. The van der Waals surface area contributed by atoms with Gasteiger partial charge in [-0.25, -0.2) is 18.1 Å². The molecule has 1 aromatic heterocycles. The van der Waals surface area contributed by atoms with Gasteiger partial charge in [0.15, 0.2) is 0 Å². The number of hydrogen-bond donors (Lipinski definition) is 3. The van der Waals surface area contributed by atoms with Crippen LogP contribution in [0.25, 0.3) is 0 Å². The lowest BCUT2D eigenvalue weighted by molar-refractivity contribution is 0.173. The maximum atomic E-state index is 12.4. The number of imidazole rings is 1. The molecule has 2 atom stereocenters. The highest BCUT2D eigenvalue weighted by molar-refractivity contribution is 7.89. The van der Waals surface area contributed by atoms with Gasteiger partial charge in [0.2, 0.25) is 10.0 Å². The molecular formula is C14H19N3O3S. The summed E-state index contributed by atoms with van der Waals surface area (Å²) in [4.78, 5) is 7.03. The van der Waals surface area contributed by atoms with Crippen LogP contribution in [0.1, 0.15) is 43.8 Å². The van der Waals surface area contributed by atoms with E-state index in [1.54, 1.807) is 31.5 Å². The van der Waals surface area contributed by atoms with Gasteiger partial charge < -0.3 is 10.1 Å². The van der Waals surface area contributed by atoms with E-state index in [0.29, 0.717) is 17.8 Å². The second-order valence-electron chi connectivity index (χ2n) is 4.81. The molecule has 7 heteroatoms. The molecule has 2 unspecified atom stereocenters. The van der Waals surface area contributed by atoms with Gasteiger partial charge in [0.05, 0.1) is 17.0 Å². The molecule has 3 N–H and O–H groups in total. The summed E-state index contributed by atoms with van der Waals surface area (Å²) in [7, 11) is -3.67. The average molecular weight is 309 g/mol. The highest BCUT2D eigenvalue weighted by atomic mass is 32.2. The molecule has 0 spiro atoms. The van der Waals surface area contributed by atoms with Crippen LogP contribution in [0.15, 0.2) is 41.6 Å². The van der Waals surface area contributed by atoms with Crippen LogP contribution in [0.3, 0.4) is 0 Å². The summed E-state index contributed by atoms with van der Waals surface area (Å²) in [6, 6.07) is 5.86. The fourth-order valence-electron chi connectivity index (χ4n) is 2.00. The fraction of sp³-hybridized carbons (Fsp3) is 0.357. The van der Waals surface area contributed by atoms with Crippen molar-refractivity contribution in [3.8, 4) is 0 Å². The highest BCUT2D eigenvalue weighted by Gasteiger charge is 2.20. The number of benzene rings is 1. The van der Waals surface area contributed by atoms with Gasteiger partial charge in [0, 0.05) is 12.4 Å². The summed E-state index contributed by atoms with van der Waals surface area (Å²) >= 11 is 0. The Morgan fingerprint density at radius 2 is 2.19 bits per heavy atom. The summed E-state index contributed by atoms with van der Waals surface area (Å²) in [6.45, 7) is 3.55. The summed E-state index contributed by atoms with van der Waals surface area (Å²) in [5.74, 6) is 0.545. The van der Waals surface area contributed by atoms with Crippen molar-refractivity contribution >= 4 is 10.0 Å². The Bertz CT molecular complexity index is 683. The van der Waals surface area contributed by atoms with Crippen LogP contribution in [-0.4, -0.2) is 23.5 Å². The quantitative estimate of drug-likeness (QED) is 0.759. The largest absolute Gasteiger partial charge is 0.388 e. The Morgan fingerprint density at radius 1 is 1.43 bits per heavy atom. The summed E-state index contributed by atoms with van der Waals surface area (Å²) in [5, 5.41) is 9.82. The van der Waals surface area contributed by atoms with Crippen molar-refractivity contribution in [2.45, 2.75) is 37.3 Å². The number of nitrogens with one attached hydrogen (secondary N) is 2. The van der Waals surface area contributed by atoms with Crippen molar-refractivity contribution in [1.29, 1.82) is 0 Å². The first-order chi connectivity index (χ1) is 9.94. The molecular weight excluding hydrogens is 290 g/mol. The van der Waals surface area contributed by atoms with Gasteiger partial charge in [-0.2, -0.15) is 0 Å². The molecule has 0 fully saturated rings. The normalized spacial score (nSPS) is 14.8. The van der Waals surface area contributed by atoms with Crippen molar-refractivity contribution in [1.82, 2.24) is 14.7 Å². The van der Waals surface area contributed by atoms with Crippen LogP contribution in [0.4, 0.5) is 0 Å². The van der Waals surface area contributed by atoms with Gasteiger partial charge in [-0.05, 0) is 31.0 Å². The number of H-pyrrole nitrogens is 1. The summed E-state index contributed by atoms with van der Waals surface area (Å²) in [5.41, 5.74) is 0.589. The van der Waals surface area contributed by atoms with E-state index in [2.05, 4.69) is 14.7 Å². The molecule has 0 aliphatic heterocycles. The minimum absolute atomic E-state index is 0.130. The summed E-state index contributed by atoms with van der Waals surface area (Å²) in [6.07, 6.45) is 3.07. The molecule has 0 bridgehead atoms. The Hall–Kier alpha value is -1.70. The van der Waals surface area contributed by atoms with Crippen LogP contribution < -0.4 is 4.72 Å². The van der Waals surface area contributed by atoms with E-state index in [9.17, 15) is 13.5 Å². The molecule has 0 aliphatic rings. The first-order valence-electron chi connectivity index (χ1n) is 6.73. The first-order valence-corrected chi connectivity index (χ1v) is 8.22. The van der Waals surface area contributed by atoms with E-state index >= 15 is 0 Å². The minimum atomic E-state index is -3.67. The number of aromatic amines is 1. The molecule has 0 aliphatic carbocycles. The Labute approximate surface area is 124 Å².